The van der Waals surface area contributed by atoms with Crippen LogP contribution in [-0.4, -0.2) is 46.8 Å². The number of nitrogens with one attached hydrogen (secondary N) is 1. The minimum atomic E-state index is -1.06. The number of carboxylic acids is 1. The van der Waals surface area contributed by atoms with Crippen LogP contribution in [0.3, 0.4) is 0 Å². The number of carboxylic acid groups (broad SMARTS) is 1. The number of benzene rings is 1. The highest BCUT2D eigenvalue weighted by Gasteiger charge is 2.26. The van der Waals surface area contributed by atoms with Crippen molar-refractivity contribution in [2.75, 3.05) is 25.0 Å². The summed E-state index contributed by atoms with van der Waals surface area (Å²) in [7, 11) is 0. The second kappa shape index (κ2) is 6.58. The number of carbonyl (C=O) groups excluding carboxylic acids is 1. The molecule has 1 heterocycles. The highest BCUT2D eigenvalue weighted by molar-refractivity contribution is 6.00. The fourth-order valence-electron chi connectivity index (χ4n) is 2.57. The minimum Gasteiger partial charge on any atom is -0.478 e. The number of rotatable bonds is 4. The maximum absolute atomic E-state index is 12.2. The quantitative estimate of drug-likeness (QED) is 0.791. The van der Waals surface area contributed by atoms with Gasteiger partial charge in [0.05, 0.1) is 11.3 Å². The summed E-state index contributed by atoms with van der Waals surface area (Å²) in [4.78, 5) is 25.1. The molecule has 3 N–H and O–H groups in total. The van der Waals surface area contributed by atoms with Gasteiger partial charge < -0.3 is 20.4 Å². The lowest BCUT2D eigenvalue weighted by Crippen LogP contribution is -2.33. The van der Waals surface area contributed by atoms with Gasteiger partial charge in [-0.3, -0.25) is 0 Å². The Kier molecular flexibility index (Phi) is 4.80. The number of nitrogens with zero attached hydrogens (tertiary/aromatic N) is 1. The molecule has 1 unspecified atom stereocenters. The number of carbonyl (C=O) groups is 2. The summed E-state index contributed by atoms with van der Waals surface area (Å²) in [6, 6.07) is 4.62. The molecule has 1 saturated heterocycles. The molecule has 1 aromatic carbocycles. The van der Waals surface area contributed by atoms with Gasteiger partial charge in [0.25, 0.3) is 0 Å². The maximum atomic E-state index is 12.2. The van der Waals surface area contributed by atoms with Gasteiger partial charge in [-0.05, 0) is 37.8 Å². The van der Waals surface area contributed by atoms with E-state index in [-0.39, 0.29) is 18.2 Å². The molecule has 1 aliphatic rings. The molecule has 6 nitrogen and oxygen atoms in total. The van der Waals surface area contributed by atoms with Crippen LogP contribution in [0.1, 0.15) is 28.8 Å². The lowest BCUT2D eigenvalue weighted by molar-refractivity contribution is 0.0698. The average molecular weight is 292 g/mol. The van der Waals surface area contributed by atoms with Gasteiger partial charge in [0.1, 0.15) is 0 Å². The normalized spacial score (nSPS) is 17.8. The molecule has 1 aliphatic heterocycles. The van der Waals surface area contributed by atoms with Gasteiger partial charge in [0, 0.05) is 19.7 Å². The number of urea groups is 1. The van der Waals surface area contributed by atoms with Crippen molar-refractivity contribution in [3.63, 3.8) is 0 Å². The summed E-state index contributed by atoms with van der Waals surface area (Å²) in [6.45, 7) is 3.16. The Hall–Kier alpha value is -2.08. The smallest absolute Gasteiger partial charge is 0.337 e. The molecule has 0 saturated carbocycles. The Labute approximate surface area is 123 Å². The van der Waals surface area contributed by atoms with E-state index in [1.54, 1.807) is 24.0 Å². The maximum Gasteiger partial charge on any atom is 0.337 e. The molecule has 1 atom stereocenters. The molecule has 0 aliphatic carbocycles. The minimum absolute atomic E-state index is 0.0921. The fourth-order valence-corrected chi connectivity index (χ4v) is 2.57. The topological polar surface area (TPSA) is 89.9 Å². The van der Waals surface area contributed by atoms with Crippen molar-refractivity contribution >= 4 is 17.7 Å². The van der Waals surface area contributed by atoms with Crippen LogP contribution in [0, 0.1) is 12.8 Å². The molecular formula is C15H20N2O4. The molecule has 0 bridgehead atoms. The summed E-state index contributed by atoms with van der Waals surface area (Å²) in [5.74, 6) is -0.744. The fraction of sp³-hybridized carbons (Fsp3) is 0.467. The Morgan fingerprint density at radius 1 is 1.43 bits per heavy atom. The van der Waals surface area contributed by atoms with E-state index < -0.39 is 5.97 Å². The zero-order chi connectivity index (χ0) is 15.4. The molecule has 0 spiro atoms. The van der Waals surface area contributed by atoms with Crippen LogP contribution in [0.2, 0.25) is 0 Å². The van der Waals surface area contributed by atoms with E-state index in [9.17, 15) is 14.7 Å². The largest absolute Gasteiger partial charge is 0.478 e. The van der Waals surface area contributed by atoms with Crippen LogP contribution in [0.25, 0.3) is 0 Å². The van der Waals surface area contributed by atoms with Crippen LogP contribution in [0.4, 0.5) is 10.5 Å². The molecule has 21 heavy (non-hydrogen) atoms. The predicted molar refractivity (Wildman–Crippen MR) is 78.5 cm³/mol. The second-order valence-electron chi connectivity index (χ2n) is 5.40. The number of aromatic carboxylic acids is 1. The van der Waals surface area contributed by atoms with Crippen LogP contribution in [-0.2, 0) is 0 Å². The molecule has 114 valence electrons. The van der Waals surface area contributed by atoms with E-state index in [0.717, 1.165) is 12.0 Å². The molecule has 0 aromatic heterocycles. The summed E-state index contributed by atoms with van der Waals surface area (Å²) in [6.07, 6.45) is 1.56. The Bertz CT molecular complexity index is 544. The summed E-state index contributed by atoms with van der Waals surface area (Å²) >= 11 is 0. The summed E-state index contributed by atoms with van der Waals surface area (Å²) in [5.41, 5.74) is 1.23. The number of aliphatic hydroxyl groups excluding tert-OH is 1. The first-order valence-corrected chi connectivity index (χ1v) is 7.02. The highest BCUT2D eigenvalue weighted by Crippen LogP contribution is 2.22. The Morgan fingerprint density at radius 2 is 2.19 bits per heavy atom. The van der Waals surface area contributed by atoms with Crippen LogP contribution < -0.4 is 5.32 Å². The number of hydrogen-bond acceptors (Lipinski definition) is 3. The van der Waals surface area contributed by atoms with Gasteiger partial charge in [-0.1, -0.05) is 11.6 Å². The third-order valence-corrected chi connectivity index (χ3v) is 3.76. The number of hydrogen-bond donors (Lipinski definition) is 3. The van der Waals surface area contributed by atoms with Crippen molar-refractivity contribution < 1.29 is 19.8 Å². The van der Waals surface area contributed by atoms with Crippen molar-refractivity contribution in [2.24, 2.45) is 5.92 Å². The van der Waals surface area contributed by atoms with Crippen molar-refractivity contribution in [2.45, 2.75) is 19.8 Å². The van der Waals surface area contributed by atoms with E-state index >= 15 is 0 Å². The van der Waals surface area contributed by atoms with E-state index in [1.165, 1.54) is 6.07 Å². The van der Waals surface area contributed by atoms with E-state index in [1.807, 2.05) is 0 Å². The molecular weight excluding hydrogens is 272 g/mol. The Balaban J connectivity index is 2.05. The lowest BCUT2D eigenvalue weighted by Gasteiger charge is -2.18. The molecule has 2 rings (SSSR count). The molecule has 0 radical (unpaired) electrons. The first-order valence-electron chi connectivity index (χ1n) is 7.02. The zero-order valence-corrected chi connectivity index (χ0v) is 12.0. The third kappa shape index (κ3) is 3.72. The van der Waals surface area contributed by atoms with Crippen molar-refractivity contribution in [1.82, 2.24) is 4.90 Å². The van der Waals surface area contributed by atoms with E-state index in [2.05, 4.69) is 5.32 Å². The zero-order valence-electron chi connectivity index (χ0n) is 12.0. The lowest BCUT2D eigenvalue weighted by atomic mass is 10.1. The molecule has 6 heteroatoms. The van der Waals surface area contributed by atoms with Crippen molar-refractivity contribution in [3.8, 4) is 0 Å². The van der Waals surface area contributed by atoms with Crippen LogP contribution in [0.5, 0.6) is 0 Å². The SMILES string of the molecule is Cc1ccc(NC(=O)N2CCC(CCO)C2)c(C(=O)O)c1. The molecule has 1 aromatic rings. The van der Waals surface area contributed by atoms with E-state index in [0.29, 0.717) is 31.1 Å². The van der Waals surface area contributed by atoms with Gasteiger partial charge in [-0.15, -0.1) is 0 Å². The van der Waals surface area contributed by atoms with Gasteiger partial charge in [0.2, 0.25) is 0 Å². The number of aryl methyl sites for hydroxylation is 1. The number of amides is 2. The van der Waals surface area contributed by atoms with Crippen molar-refractivity contribution in [3.05, 3.63) is 29.3 Å². The first kappa shape index (κ1) is 15.3. The predicted octanol–water partition coefficient (Wildman–Crippen LogP) is 1.93. The first-order chi connectivity index (χ1) is 10.0. The highest BCUT2D eigenvalue weighted by atomic mass is 16.4. The number of likely N-dealkylation sites (tertiary alicyclic amines) is 1. The third-order valence-electron chi connectivity index (χ3n) is 3.76. The average Bonchev–Trinajstić information content (AvgIpc) is 2.89. The van der Waals surface area contributed by atoms with Gasteiger partial charge in [-0.2, -0.15) is 0 Å². The number of aliphatic hydroxyl groups is 1. The van der Waals surface area contributed by atoms with Gasteiger partial charge in [-0.25, -0.2) is 9.59 Å². The summed E-state index contributed by atoms with van der Waals surface area (Å²) in [5, 5.41) is 20.8. The van der Waals surface area contributed by atoms with Crippen LogP contribution >= 0.6 is 0 Å². The Morgan fingerprint density at radius 3 is 2.86 bits per heavy atom. The van der Waals surface area contributed by atoms with Gasteiger partial charge in [0.15, 0.2) is 0 Å². The number of anilines is 1. The van der Waals surface area contributed by atoms with Crippen molar-refractivity contribution in [1.29, 1.82) is 0 Å². The standard InChI is InChI=1S/C15H20N2O4/c1-10-2-3-13(12(8-10)14(19)20)16-15(21)17-6-4-11(9-17)5-7-18/h2-3,8,11,18H,4-7,9H2,1H3,(H,16,21)(H,19,20). The monoisotopic (exact) mass is 292 g/mol. The molecule has 1 fully saturated rings. The van der Waals surface area contributed by atoms with E-state index in [4.69, 9.17) is 5.11 Å². The van der Waals surface area contributed by atoms with Crippen LogP contribution in [0.15, 0.2) is 18.2 Å². The molecule has 2 amide bonds. The van der Waals surface area contributed by atoms with Gasteiger partial charge >= 0.3 is 12.0 Å². The second-order valence-corrected chi connectivity index (χ2v) is 5.40. The summed E-state index contributed by atoms with van der Waals surface area (Å²) < 4.78 is 0.